The second-order valence-electron chi connectivity index (χ2n) is 8.77. The van der Waals surface area contributed by atoms with E-state index in [9.17, 15) is 18.0 Å². The second kappa shape index (κ2) is 8.09. The molecule has 1 saturated heterocycles. The molecule has 0 aromatic heterocycles. The third-order valence-corrected chi connectivity index (χ3v) is 9.15. The van der Waals surface area contributed by atoms with Crippen LogP contribution in [0.25, 0.3) is 0 Å². The zero-order chi connectivity index (χ0) is 21.4. The van der Waals surface area contributed by atoms with Crippen LogP contribution in [0.15, 0.2) is 23.1 Å². The molecule has 1 aliphatic carbocycles. The summed E-state index contributed by atoms with van der Waals surface area (Å²) in [6.45, 7) is 4.53. The van der Waals surface area contributed by atoms with Gasteiger partial charge in [0.25, 0.3) is 0 Å². The predicted molar refractivity (Wildman–Crippen MR) is 112 cm³/mol. The zero-order valence-electron chi connectivity index (χ0n) is 17.9. The first-order valence-corrected chi connectivity index (χ1v) is 11.9. The first-order chi connectivity index (χ1) is 13.6. The molecule has 0 radical (unpaired) electrons. The fraction of sp³-hybridized carbons (Fsp3) is 0.636. The Bertz CT molecular complexity index is 893. The van der Waals surface area contributed by atoms with Crippen molar-refractivity contribution >= 4 is 21.7 Å². The van der Waals surface area contributed by atoms with Crippen LogP contribution in [0.4, 0.5) is 0 Å². The highest BCUT2D eigenvalue weighted by molar-refractivity contribution is 7.93. The third-order valence-electron chi connectivity index (χ3n) is 6.52. The first-order valence-electron chi connectivity index (χ1n) is 10.4. The molecule has 0 spiro atoms. The molecule has 1 saturated carbocycles. The molecule has 1 aliphatic heterocycles. The van der Waals surface area contributed by atoms with Gasteiger partial charge in [-0.15, -0.1) is 0 Å². The molecule has 0 unspecified atom stereocenters. The highest BCUT2D eigenvalue weighted by Crippen LogP contribution is 2.43. The molecule has 29 heavy (non-hydrogen) atoms. The standard InChI is InChI=1S/C22H32N2O4S/c1-16-7-8-17(2)19(15-16)29(27,28)22(11-5-6-12-22)21(26)24-13-9-18(10-14-24)20(25)23(3)4/h7-8,15,18H,5-6,9-14H2,1-4H3. The van der Waals surface area contributed by atoms with Gasteiger partial charge in [-0.25, -0.2) is 8.42 Å². The Labute approximate surface area is 174 Å². The van der Waals surface area contributed by atoms with Crippen molar-refractivity contribution in [2.24, 2.45) is 5.92 Å². The number of nitrogens with zero attached hydrogens (tertiary/aromatic N) is 2. The number of likely N-dealkylation sites (tertiary alicyclic amines) is 1. The van der Waals surface area contributed by atoms with E-state index in [0.29, 0.717) is 44.3 Å². The van der Waals surface area contributed by atoms with Crippen molar-refractivity contribution in [2.45, 2.75) is 62.0 Å². The monoisotopic (exact) mass is 420 g/mol. The molecule has 7 heteroatoms. The summed E-state index contributed by atoms with van der Waals surface area (Å²) in [6, 6.07) is 5.40. The number of rotatable bonds is 4. The number of benzene rings is 1. The number of hydrogen-bond acceptors (Lipinski definition) is 4. The summed E-state index contributed by atoms with van der Waals surface area (Å²) in [5.41, 5.74) is 1.56. The number of aryl methyl sites for hydroxylation is 2. The van der Waals surface area contributed by atoms with Crippen molar-refractivity contribution in [2.75, 3.05) is 27.2 Å². The lowest BCUT2D eigenvalue weighted by Gasteiger charge is -2.38. The van der Waals surface area contributed by atoms with Crippen LogP contribution in [0.3, 0.4) is 0 Å². The number of sulfone groups is 1. The maximum Gasteiger partial charge on any atom is 0.244 e. The van der Waals surface area contributed by atoms with Crippen molar-refractivity contribution in [3.63, 3.8) is 0 Å². The van der Waals surface area contributed by atoms with E-state index in [4.69, 9.17) is 0 Å². The van der Waals surface area contributed by atoms with Gasteiger partial charge in [-0.2, -0.15) is 0 Å². The summed E-state index contributed by atoms with van der Waals surface area (Å²) in [4.78, 5) is 29.4. The molecule has 1 heterocycles. The van der Waals surface area contributed by atoms with Crippen molar-refractivity contribution in [1.82, 2.24) is 9.80 Å². The molecule has 0 bridgehead atoms. The Hall–Kier alpha value is -1.89. The lowest BCUT2D eigenvalue weighted by molar-refractivity contribution is -0.140. The zero-order valence-corrected chi connectivity index (χ0v) is 18.7. The van der Waals surface area contributed by atoms with Gasteiger partial charge in [0.05, 0.1) is 4.90 Å². The minimum atomic E-state index is -3.81. The van der Waals surface area contributed by atoms with Gasteiger partial charge in [-0.05, 0) is 56.7 Å². The average molecular weight is 421 g/mol. The van der Waals surface area contributed by atoms with Gasteiger partial charge in [-0.3, -0.25) is 9.59 Å². The summed E-state index contributed by atoms with van der Waals surface area (Å²) in [7, 11) is -0.331. The number of carbonyl (C=O) groups excluding carboxylic acids is 2. The van der Waals surface area contributed by atoms with E-state index in [1.54, 1.807) is 36.9 Å². The Balaban J connectivity index is 1.89. The Morgan fingerprint density at radius 1 is 1.07 bits per heavy atom. The van der Waals surface area contributed by atoms with Crippen LogP contribution in [0, 0.1) is 19.8 Å². The molecule has 2 fully saturated rings. The highest BCUT2D eigenvalue weighted by atomic mass is 32.2. The predicted octanol–water partition coefficient (Wildman–Crippen LogP) is 2.72. The molecule has 6 nitrogen and oxygen atoms in total. The fourth-order valence-electron chi connectivity index (χ4n) is 4.73. The normalized spacial score (nSPS) is 19.9. The molecule has 0 atom stereocenters. The van der Waals surface area contributed by atoms with Crippen molar-refractivity contribution < 1.29 is 18.0 Å². The van der Waals surface area contributed by atoms with Crippen molar-refractivity contribution in [1.29, 1.82) is 0 Å². The van der Waals surface area contributed by atoms with Crippen LogP contribution >= 0.6 is 0 Å². The summed E-state index contributed by atoms with van der Waals surface area (Å²) in [5, 5.41) is 0. The van der Waals surface area contributed by atoms with E-state index < -0.39 is 14.6 Å². The summed E-state index contributed by atoms with van der Waals surface area (Å²) in [6.07, 6.45) is 3.40. The van der Waals surface area contributed by atoms with Crippen LogP contribution in [0.5, 0.6) is 0 Å². The van der Waals surface area contributed by atoms with Crippen LogP contribution in [0.2, 0.25) is 0 Å². The molecule has 2 aliphatic rings. The molecule has 2 amide bonds. The number of amides is 2. The van der Waals surface area contributed by atoms with Crippen molar-refractivity contribution in [3.05, 3.63) is 29.3 Å². The van der Waals surface area contributed by atoms with Gasteiger partial charge in [0.1, 0.15) is 0 Å². The Morgan fingerprint density at radius 2 is 1.66 bits per heavy atom. The van der Waals surface area contributed by atoms with E-state index in [1.807, 2.05) is 19.1 Å². The summed E-state index contributed by atoms with van der Waals surface area (Å²) in [5.74, 6) is -0.286. The lowest BCUT2D eigenvalue weighted by atomic mass is 9.94. The van der Waals surface area contributed by atoms with Gasteiger partial charge < -0.3 is 9.80 Å². The third kappa shape index (κ3) is 3.81. The SMILES string of the molecule is Cc1ccc(C)c(S(=O)(=O)C2(C(=O)N3CCC(C(=O)N(C)C)CC3)CCCC2)c1. The Morgan fingerprint density at radius 3 is 2.21 bits per heavy atom. The minimum absolute atomic E-state index is 0.0793. The van der Waals surface area contributed by atoms with Crippen LogP contribution in [-0.2, 0) is 19.4 Å². The number of piperidine rings is 1. The first kappa shape index (κ1) is 21.8. The lowest BCUT2D eigenvalue weighted by Crippen LogP contribution is -2.55. The average Bonchev–Trinajstić information content (AvgIpc) is 3.20. The summed E-state index contributed by atoms with van der Waals surface area (Å²) >= 11 is 0. The smallest absolute Gasteiger partial charge is 0.244 e. The molecular weight excluding hydrogens is 388 g/mol. The number of hydrogen-bond donors (Lipinski definition) is 0. The van der Waals surface area contributed by atoms with E-state index in [0.717, 1.165) is 18.4 Å². The van der Waals surface area contributed by atoms with Crippen molar-refractivity contribution in [3.8, 4) is 0 Å². The van der Waals surface area contributed by atoms with Gasteiger partial charge in [0, 0.05) is 33.1 Å². The quantitative estimate of drug-likeness (QED) is 0.751. The van der Waals surface area contributed by atoms with Gasteiger partial charge in [0.15, 0.2) is 14.6 Å². The van der Waals surface area contributed by atoms with Gasteiger partial charge >= 0.3 is 0 Å². The second-order valence-corrected chi connectivity index (χ2v) is 11.0. The van der Waals surface area contributed by atoms with Crippen LogP contribution in [-0.4, -0.2) is 62.0 Å². The molecular formula is C22H32N2O4S. The largest absolute Gasteiger partial charge is 0.349 e. The summed E-state index contributed by atoms with van der Waals surface area (Å²) < 4.78 is 26.2. The topological polar surface area (TPSA) is 74.8 Å². The minimum Gasteiger partial charge on any atom is -0.349 e. The molecule has 3 rings (SSSR count). The maximum atomic E-state index is 13.8. The van der Waals surface area contributed by atoms with Gasteiger partial charge in [-0.1, -0.05) is 25.0 Å². The van der Waals surface area contributed by atoms with E-state index in [2.05, 4.69) is 0 Å². The fourth-order valence-corrected chi connectivity index (χ4v) is 7.17. The van der Waals surface area contributed by atoms with Crippen LogP contribution < -0.4 is 0 Å². The van der Waals surface area contributed by atoms with E-state index >= 15 is 0 Å². The van der Waals surface area contributed by atoms with E-state index in [-0.39, 0.29) is 22.6 Å². The van der Waals surface area contributed by atoms with Crippen LogP contribution in [0.1, 0.15) is 49.7 Å². The molecule has 1 aromatic carbocycles. The maximum absolute atomic E-state index is 13.8. The molecule has 0 N–H and O–H groups in total. The van der Waals surface area contributed by atoms with Gasteiger partial charge in [0.2, 0.25) is 11.8 Å². The number of carbonyl (C=O) groups is 2. The molecule has 160 valence electrons. The Kier molecular flexibility index (Phi) is 6.08. The molecule has 1 aromatic rings. The highest BCUT2D eigenvalue weighted by Gasteiger charge is 2.55. The van der Waals surface area contributed by atoms with E-state index in [1.165, 1.54) is 0 Å².